The minimum Gasteiger partial charge on any atom is -0.308 e. The van der Waals surface area contributed by atoms with Gasteiger partial charge in [0.2, 0.25) is 0 Å². The van der Waals surface area contributed by atoms with Crippen LogP contribution in [0.4, 0.5) is 18.9 Å². The average molecular weight is 304 g/mol. The van der Waals surface area contributed by atoms with E-state index >= 15 is 0 Å². The first kappa shape index (κ1) is 14.9. The maximum Gasteiger partial charge on any atom is 0.427 e. The molecule has 2 nitrogen and oxygen atoms in total. The molecule has 108 valence electrons. The molecular formula is C14H13ClF3NO. The van der Waals surface area contributed by atoms with Crippen LogP contribution in [0.25, 0.3) is 0 Å². The van der Waals surface area contributed by atoms with Crippen LogP contribution in [0.2, 0.25) is 0 Å². The minimum absolute atomic E-state index is 0.00413. The van der Waals surface area contributed by atoms with Crippen molar-refractivity contribution in [1.82, 2.24) is 0 Å². The van der Waals surface area contributed by atoms with Crippen molar-refractivity contribution in [1.29, 1.82) is 0 Å². The Bertz CT molecular complexity index is 572. The normalized spacial score (nSPS) is 18.7. The second-order valence-corrected chi connectivity index (χ2v) is 5.22. The lowest BCUT2D eigenvalue weighted by Gasteiger charge is -2.17. The van der Waals surface area contributed by atoms with Crippen molar-refractivity contribution in [3.05, 3.63) is 39.9 Å². The fourth-order valence-electron chi connectivity index (χ4n) is 2.32. The molecule has 0 unspecified atom stereocenters. The van der Waals surface area contributed by atoms with Crippen LogP contribution < -0.4 is 4.90 Å². The minimum atomic E-state index is -4.68. The van der Waals surface area contributed by atoms with Crippen molar-refractivity contribution in [2.75, 3.05) is 11.4 Å². The van der Waals surface area contributed by atoms with E-state index in [1.807, 2.05) is 19.9 Å². The van der Waals surface area contributed by atoms with E-state index in [9.17, 15) is 18.0 Å². The zero-order valence-electron chi connectivity index (χ0n) is 11.0. The first-order chi connectivity index (χ1) is 9.20. The highest BCUT2D eigenvalue weighted by atomic mass is 35.5. The van der Waals surface area contributed by atoms with E-state index in [1.54, 1.807) is 12.1 Å². The van der Waals surface area contributed by atoms with Gasteiger partial charge in [-0.3, -0.25) is 4.79 Å². The topological polar surface area (TPSA) is 20.3 Å². The van der Waals surface area contributed by atoms with E-state index in [0.717, 1.165) is 11.1 Å². The lowest BCUT2D eigenvalue weighted by Crippen LogP contribution is -2.25. The Morgan fingerprint density at radius 1 is 1.20 bits per heavy atom. The summed E-state index contributed by atoms with van der Waals surface area (Å²) in [6.07, 6.45) is -4.67. The predicted octanol–water partition coefficient (Wildman–Crippen LogP) is 4.10. The Balaban J connectivity index is 2.37. The van der Waals surface area contributed by atoms with Crippen LogP contribution in [0.5, 0.6) is 0 Å². The number of amides is 1. The lowest BCUT2D eigenvalue weighted by atomic mass is 10.1. The van der Waals surface area contributed by atoms with E-state index in [2.05, 4.69) is 0 Å². The number of anilines is 1. The van der Waals surface area contributed by atoms with E-state index in [0.29, 0.717) is 5.69 Å². The van der Waals surface area contributed by atoms with Gasteiger partial charge in [-0.25, -0.2) is 0 Å². The highest BCUT2D eigenvalue weighted by molar-refractivity contribution is 6.33. The maximum atomic E-state index is 12.6. The molecule has 0 saturated carbocycles. The molecule has 0 N–H and O–H groups in total. The molecule has 1 amide bonds. The third-order valence-electron chi connectivity index (χ3n) is 3.12. The van der Waals surface area contributed by atoms with Gasteiger partial charge in [0.15, 0.2) is 0 Å². The van der Waals surface area contributed by atoms with Crippen LogP contribution in [-0.4, -0.2) is 18.6 Å². The van der Waals surface area contributed by atoms with Gasteiger partial charge in [-0.2, -0.15) is 13.2 Å². The van der Waals surface area contributed by atoms with Gasteiger partial charge in [-0.15, -0.1) is 0 Å². The number of nitrogens with zero attached hydrogens (tertiary/aromatic N) is 1. The summed E-state index contributed by atoms with van der Waals surface area (Å²) in [5, 5.41) is -1.31. The fourth-order valence-corrected chi connectivity index (χ4v) is 2.50. The molecule has 1 heterocycles. The summed E-state index contributed by atoms with van der Waals surface area (Å²) in [6, 6.07) is 5.48. The van der Waals surface area contributed by atoms with Crippen molar-refractivity contribution in [3.63, 3.8) is 0 Å². The molecule has 2 rings (SSSR count). The highest BCUT2D eigenvalue weighted by Crippen LogP contribution is 2.36. The molecule has 0 aliphatic carbocycles. The van der Waals surface area contributed by atoms with E-state index in [-0.39, 0.29) is 18.5 Å². The summed E-state index contributed by atoms with van der Waals surface area (Å²) in [5.74, 6) is -0.669. The number of alkyl halides is 3. The van der Waals surface area contributed by atoms with Crippen molar-refractivity contribution in [2.45, 2.75) is 26.4 Å². The molecule has 1 aliphatic rings. The van der Waals surface area contributed by atoms with E-state index in [1.165, 1.54) is 4.90 Å². The largest absolute Gasteiger partial charge is 0.427 e. The standard InChI is InChI=1S/C14H13ClF3NO/c1-8-5-9(2)7-10(6-8)19-4-3-11(13(19)20)12(15)14(16,17)18/h5-7H,3-4H2,1-2H3/b12-11-. The Kier molecular flexibility index (Phi) is 3.82. The number of aryl methyl sites for hydroxylation is 2. The second kappa shape index (κ2) is 5.13. The summed E-state index contributed by atoms with van der Waals surface area (Å²) in [6.45, 7) is 3.95. The fraction of sp³-hybridized carbons (Fsp3) is 0.357. The average Bonchev–Trinajstić information content (AvgIpc) is 2.67. The number of benzene rings is 1. The number of allylic oxidation sites excluding steroid dienone is 1. The summed E-state index contributed by atoms with van der Waals surface area (Å²) >= 11 is 5.28. The van der Waals surface area contributed by atoms with Gasteiger partial charge >= 0.3 is 6.18 Å². The summed E-state index contributed by atoms with van der Waals surface area (Å²) in [4.78, 5) is 13.4. The van der Waals surface area contributed by atoms with E-state index in [4.69, 9.17) is 11.6 Å². The summed E-state index contributed by atoms with van der Waals surface area (Å²) in [5.41, 5.74) is 2.15. The molecule has 6 heteroatoms. The van der Waals surface area contributed by atoms with Gasteiger partial charge in [0.05, 0.1) is 0 Å². The molecule has 0 bridgehead atoms. The molecule has 1 aromatic rings. The monoisotopic (exact) mass is 303 g/mol. The van der Waals surface area contributed by atoms with Crippen LogP contribution >= 0.6 is 11.6 Å². The molecule has 0 radical (unpaired) electrons. The molecule has 20 heavy (non-hydrogen) atoms. The van der Waals surface area contributed by atoms with Crippen molar-refractivity contribution in [2.24, 2.45) is 0 Å². The Morgan fingerprint density at radius 3 is 2.25 bits per heavy atom. The number of halogens is 4. The van der Waals surface area contributed by atoms with Gasteiger partial charge in [-0.1, -0.05) is 17.7 Å². The number of rotatable bonds is 1. The molecule has 0 atom stereocenters. The molecule has 1 aliphatic heterocycles. The lowest BCUT2D eigenvalue weighted by molar-refractivity contribution is -0.115. The van der Waals surface area contributed by atoms with Gasteiger partial charge in [0, 0.05) is 17.8 Å². The zero-order chi connectivity index (χ0) is 15.1. The number of carbonyl (C=O) groups excluding carboxylic acids is 1. The quantitative estimate of drug-likeness (QED) is 0.715. The molecule has 0 aromatic heterocycles. The van der Waals surface area contributed by atoms with E-state index < -0.39 is 17.1 Å². The van der Waals surface area contributed by atoms with Crippen molar-refractivity contribution in [3.8, 4) is 0 Å². The Morgan fingerprint density at radius 2 is 1.75 bits per heavy atom. The Hall–Kier alpha value is -1.49. The van der Waals surface area contributed by atoms with Crippen LogP contribution in [0.3, 0.4) is 0 Å². The van der Waals surface area contributed by atoms with Crippen LogP contribution in [0.1, 0.15) is 17.5 Å². The third kappa shape index (κ3) is 2.82. The zero-order valence-corrected chi connectivity index (χ0v) is 11.8. The number of hydrogen-bond donors (Lipinski definition) is 0. The maximum absolute atomic E-state index is 12.6. The predicted molar refractivity (Wildman–Crippen MR) is 71.8 cm³/mol. The first-order valence-electron chi connectivity index (χ1n) is 6.06. The Labute approximate surface area is 119 Å². The van der Waals surface area contributed by atoms with Gasteiger partial charge in [0.25, 0.3) is 5.91 Å². The molecule has 1 fully saturated rings. The van der Waals surface area contributed by atoms with Gasteiger partial charge in [0.1, 0.15) is 5.03 Å². The second-order valence-electron chi connectivity index (χ2n) is 4.84. The first-order valence-corrected chi connectivity index (χ1v) is 6.44. The van der Waals surface area contributed by atoms with Gasteiger partial charge < -0.3 is 4.90 Å². The van der Waals surface area contributed by atoms with Crippen LogP contribution in [-0.2, 0) is 4.79 Å². The SMILES string of the molecule is Cc1cc(C)cc(N2CC/C(=C(/Cl)C(F)(F)F)C2=O)c1. The molecule has 1 saturated heterocycles. The highest BCUT2D eigenvalue weighted by Gasteiger charge is 2.40. The van der Waals surface area contributed by atoms with Crippen molar-refractivity contribution < 1.29 is 18.0 Å². The molecular weight excluding hydrogens is 291 g/mol. The smallest absolute Gasteiger partial charge is 0.308 e. The van der Waals surface area contributed by atoms with Crippen LogP contribution in [0.15, 0.2) is 28.8 Å². The summed E-state index contributed by atoms with van der Waals surface area (Å²) < 4.78 is 37.7. The van der Waals surface area contributed by atoms with Crippen molar-refractivity contribution >= 4 is 23.2 Å². The third-order valence-corrected chi connectivity index (χ3v) is 3.56. The van der Waals surface area contributed by atoms with Gasteiger partial charge in [-0.05, 0) is 43.5 Å². The molecule has 0 spiro atoms. The molecule has 1 aromatic carbocycles. The van der Waals surface area contributed by atoms with Crippen LogP contribution in [0, 0.1) is 13.8 Å². The summed E-state index contributed by atoms with van der Waals surface area (Å²) in [7, 11) is 0. The number of carbonyl (C=O) groups is 1. The number of hydrogen-bond acceptors (Lipinski definition) is 1.